The number of hydrogen-bond donors (Lipinski definition) is 1. The second-order valence-corrected chi connectivity index (χ2v) is 5.95. The molecule has 0 aromatic carbocycles. The SMILES string of the molecule is CC1CC1C(=O)NCC(=O)N1CCN(c2ncccn2)CC1. The molecule has 1 aromatic rings. The van der Waals surface area contributed by atoms with Crippen LogP contribution in [0.1, 0.15) is 13.3 Å². The van der Waals surface area contributed by atoms with Gasteiger partial charge in [0, 0.05) is 44.5 Å². The molecule has 1 saturated carbocycles. The maximum atomic E-state index is 12.1. The van der Waals surface area contributed by atoms with Gasteiger partial charge < -0.3 is 15.1 Å². The van der Waals surface area contributed by atoms with E-state index >= 15 is 0 Å². The molecule has 7 nitrogen and oxygen atoms in total. The number of aromatic nitrogens is 2. The van der Waals surface area contributed by atoms with Gasteiger partial charge in [-0.15, -0.1) is 0 Å². The summed E-state index contributed by atoms with van der Waals surface area (Å²) < 4.78 is 0. The fraction of sp³-hybridized carbons (Fsp3) is 0.600. The van der Waals surface area contributed by atoms with Gasteiger partial charge in [-0.1, -0.05) is 6.92 Å². The molecule has 2 aliphatic rings. The molecule has 0 radical (unpaired) electrons. The number of hydrogen-bond acceptors (Lipinski definition) is 5. The molecule has 22 heavy (non-hydrogen) atoms. The zero-order valence-electron chi connectivity index (χ0n) is 12.7. The number of rotatable bonds is 4. The van der Waals surface area contributed by atoms with Crippen LogP contribution < -0.4 is 10.2 Å². The number of amides is 2. The van der Waals surface area contributed by atoms with Gasteiger partial charge in [0.25, 0.3) is 0 Å². The molecule has 1 aromatic heterocycles. The van der Waals surface area contributed by atoms with Crippen molar-refractivity contribution < 1.29 is 9.59 Å². The topological polar surface area (TPSA) is 78.4 Å². The lowest BCUT2D eigenvalue weighted by atomic mass is 10.3. The Hall–Kier alpha value is -2.18. The van der Waals surface area contributed by atoms with Crippen molar-refractivity contribution in [2.45, 2.75) is 13.3 Å². The molecule has 2 atom stereocenters. The van der Waals surface area contributed by atoms with Crippen LogP contribution in [0.3, 0.4) is 0 Å². The first-order valence-corrected chi connectivity index (χ1v) is 7.72. The highest BCUT2D eigenvalue weighted by molar-refractivity contribution is 5.87. The second kappa shape index (κ2) is 6.29. The molecule has 2 fully saturated rings. The van der Waals surface area contributed by atoms with Crippen molar-refractivity contribution in [1.82, 2.24) is 20.2 Å². The van der Waals surface area contributed by atoms with Crippen LogP contribution in [-0.2, 0) is 9.59 Å². The minimum absolute atomic E-state index is 0.0113. The Kier molecular flexibility index (Phi) is 4.22. The largest absolute Gasteiger partial charge is 0.347 e. The van der Waals surface area contributed by atoms with Crippen LogP contribution in [-0.4, -0.2) is 59.4 Å². The van der Waals surface area contributed by atoms with Gasteiger partial charge in [-0.2, -0.15) is 0 Å². The van der Waals surface area contributed by atoms with Crippen LogP contribution in [0.15, 0.2) is 18.5 Å². The third-order valence-corrected chi connectivity index (χ3v) is 4.33. The Balaban J connectivity index is 1.43. The summed E-state index contributed by atoms with van der Waals surface area (Å²) in [7, 11) is 0. The maximum Gasteiger partial charge on any atom is 0.242 e. The van der Waals surface area contributed by atoms with E-state index in [1.807, 2.05) is 0 Å². The van der Waals surface area contributed by atoms with E-state index in [0.717, 1.165) is 6.42 Å². The van der Waals surface area contributed by atoms with Crippen LogP contribution in [0.4, 0.5) is 5.95 Å². The van der Waals surface area contributed by atoms with Crippen molar-refractivity contribution >= 4 is 17.8 Å². The molecule has 2 heterocycles. The molecule has 0 spiro atoms. The quantitative estimate of drug-likeness (QED) is 0.840. The normalized spacial score (nSPS) is 24.0. The number of carbonyl (C=O) groups excluding carboxylic acids is 2. The van der Waals surface area contributed by atoms with Crippen molar-refractivity contribution in [1.29, 1.82) is 0 Å². The van der Waals surface area contributed by atoms with E-state index in [9.17, 15) is 9.59 Å². The van der Waals surface area contributed by atoms with Crippen LogP contribution in [0.5, 0.6) is 0 Å². The number of piperazine rings is 1. The van der Waals surface area contributed by atoms with Gasteiger partial charge in [-0.3, -0.25) is 9.59 Å². The third kappa shape index (κ3) is 3.35. The van der Waals surface area contributed by atoms with Gasteiger partial charge in [-0.05, 0) is 18.4 Å². The van der Waals surface area contributed by atoms with Crippen molar-refractivity contribution in [2.24, 2.45) is 11.8 Å². The summed E-state index contributed by atoms with van der Waals surface area (Å²) in [6.07, 6.45) is 4.37. The second-order valence-electron chi connectivity index (χ2n) is 5.95. The predicted octanol–water partition coefficient (Wildman–Crippen LogP) is -0.103. The molecule has 7 heteroatoms. The average molecular weight is 303 g/mol. The summed E-state index contributed by atoms with van der Waals surface area (Å²) in [6.45, 7) is 4.84. The summed E-state index contributed by atoms with van der Waals surface area (Å²) in [5, 5.41) is 2.75. The molecule has 1 saturated heterocycles. The summed E-state index contributed by atoms with van der Waals surface area (Å²) in [4.78, 5) is 36.2. The molecule has 0 bridgehead atoms. The highest BCUT2D eigenvalue weighted by Crippen LogP contribution is 2.37. The van der Waals surface area contributed by atoms with E-state index in [0.29, 0.717) is 38.0 Å². The van der Waals surface area contributed by atoms with Crippen molar-refractivity contribution in [2.75, 3.05) is 37.6 Å². The van der Waals surface area contributed by atoms with Crippen molar-refractivity contribution in [3.05, 3.63) is 18.5 Å². The van der Waals surface area contributed by atoms with E-state index in [-0.39, 0.29) is 24.3 Å². The lowest BCUT2D eigenvalue weighted by molar-refractivity contribution is -0.133. The first-order chi connectivity index (χ1) is 10.6. The number of carbonyl (C=O) groups is 2. The summed E-state index contributed by atoms with van der Waals surface area (Å²) in [6, 6.07) is 1.78. The Morgan fingerprint density at radius 1 is 1.23 bits per heavy atom. The van der Waals surface area contributed by atoms with Gasteiger partial charge in [0.2, 0.25) is 17.8 Å². The van der Waals surface area contributed by atoms with Crippen LogP contribution in [0.25, 0.3) is 0 Å². The standard InChI is InChI=1S/C15H21N5O2/c1-11-9-12(11)14(22)18-10-13(21)19-5-7-20(8-6-19)15-16-3-2-4-17-15/h2-4,11-12H,5-10H2,1H3,(H,18,22). The molecule has 1 aliphatic carbocycles. The zero-order valence-corrected chi connectivity index (χ0v) is 12.7. The fourth-order valence-corrected chi connectivity index (χ4v) is 2.70. The van der Waals surface area contributed by atoms with E-state index in [4.69, 9.17) is 0 Å². The highest BCUT2D eigenvalue weighted by atomic mass is 16.2. The Morgan fingerprint density at radius 3 is 2.45 bits per heavy atom. The number of nitrogens with zero attached hydrogens (tertiary/aromatic N) is 4. The predicted molar refractivity (Wildman–Crippen MR) is 81.1 cm³/mol. The molecule has 118 valence electrons. The van der Waals surface area contributed by atoms with Crippen molar-refractivity contribution in [3.63, 3.8) is 0 Å². The monoisotopic (exact) mass is 303 g/mol. The summed E-state index contributed by atoms with van der Waals surface area (Å²) in [5.74, 6) is 1.27. The average Bonchev–Trinajstić information content (AvgIpc) is 3.30. The Labute approximate surface area is 129 Å². The molecular weight excluding hydrogens is 282 g/mol. The van der Waals surface area contributed by atoms with Gasteiger partial charge in [0.15, 0.2) is 0 Å². The van der Waals surface area contributed by atoms with Crippen LogP contribution in [0.2, 0.25) is 0 Å². The molecule has 2 amide bonds. The van der Waals surface area contributed by atoms with Gasteiger partial charge in [0.05, 0.1) is 6.54 Å². The summed E-state index contributed by atoms with van der Waals surface area (Å²) in [5.41, 5.74) is 0. The van der Waals surface area contributed by atoms with E-state index in [2.05, 4.69) is 27.1 Å². The minimum atomic E-state index is -0.0183. The molecular formula is C15H21N5O2. The Morgan fingerprint density at radius 2 is 1.86 bits per heavy atom. The summed E-state index contributed by atoms with van der Waals surface area (Å²) >= 11 is 0. The molecule has 1 aliphatic heterocycles. The lowest BCUT2D eigenvalue weighted by Crippen LogP contribution is -2.51. The van der Waals surface area contributed by atoms with Gasteiger partial charge >= 0.3 is 0 Å². The first-order valence-electron chi connectivity index (χ1n) is 7.72. The lowest BCUT2D eigenvalue weighted by Gasteiger charge is -2.34. The smallest absolute Gasteiger partial charge is 0.242 e. The third-order valence-electron chi connectivity index (χ3n) is 4.33. The highest BCUT2D eigenvalue weighted by Gasteiger charge is 2.39. The first kappa shape index (κ1) is 14.7. The van der Waals surface area contributed by atoms with Crippen LogP contribution in [0, 0.1) is 11.8 Å². The fourth-order valence-electron chi connectivity index (χ4n) is 2.70. The minimum Gasteiger partial charge on any atom is -0.347 e. The molecule has 2 unspecified atom stereocenters. The van der Waals surface area contributed by atoms with Gasteiger partial charge in [-0.25, -0.2) is 9.97 Å². The van der Waals surface area contributed by atoms with E-state index < -0.39 is 0 Å². The molecule has 3 rings (SSSR count). The number of anilines is 1. The van der Waals surface area contributed by atoms with Crippen LogP contribution >= 0.6 is 0 Å². The number of nitrogens with one attached hydrogen (secondary N) is 1. The zero-order chi connectivity index (χ0) is 15.5. The maximum absolute atomic E-state index is 12.1. The van der Waals surface area contributed by atoms with E-state index in [1.54, 1.807) is 23.4 Å². The molecule has 1 N–H and O–H groups in total. The van der Waals surface area contributed by atoms with Crippen molar-refractivity contribution in [3.8, 4) is 0 Å². The van der Waals surface area contributed by atoms with Gasteiger partial charge in [0.1, 0.15) is 0 Å². The van der Waals surface area contributed by atoms with E-state index in [1.165, 1.54) is 0 Å². The Bertz CT molecular complexity index is 542.